The summed E-state index contributed by atoms with van der Waals surface area (Å²) in [5, 5.41) is 9.99. The van der Waals surface area contributed by atoms with Gasteiger partial charge in [0.2, 0.25) is 5.91 Å². The van der Waals surface area contributed by atoms with Crippen LogP contribution in [-0.2, 0) is 4.79 Å². The first-order chi connectivity index (χ1) is 6.24. The van der Waals surface area contributed by atoms with Crippen molar-refractivity contribution < 1.29 is 4.79 Å². The number of aromatic nitrogens is 2. The van der Waals surface area contributed by atoms with Crippen molar-refractivity contribution in [3.8, 4) is 0 Å². The maximum Gasteiger partial charge on any atom is 0.238 e. The van der Waals surface area contributed by atoms with E-state index >= 15 is 0 Å². The number of rotatable bonds is 3. The van der Waals surface area contributed by atoms with Crippen molar-refractivity contribution in [2.75, 3.05) is 11.6 Å². The molecule has 0 aliphatic heterocycles. The molecule has 1 atom stereocenters. The highest BCUT2D eigenvalue weighted by molar-refractivity contribution is 7.99. The predicted octanol–water partition coefficient (Wildman–Crippen LogP) is 1.17. The first-order valence-corrected chi connectivity index (χ1v) is 5.14. The van der Waals surface area contributed by atoms with Crippen molar-refractivity contribution in [2.45, 2.75) is 12.2 Å². The van der Waals surface area contributed by atoms with Gasteiger partial charge in [0.25, 0.3) is 0 Å². The third kappa shape index (κ3) is 3.02. The monoisotopic (exact) mass is 197 g/mol. The third-order valence-electron chi connectivity index (χ3n) is 1.55. The third-order valence-corrected chi connectivity index (χ3v) is 2.47. The van der Waals surface area contributed by atoms with Crippen LogP contribution < -0.4 is 5.32 Å². The van der Waals surface area contributed by atoms with Crippen LogP contribution in [0, 0.1) is 0 Å². The Morgan fingerprint density at radius 3 is 3.00 bits per heavy atom. The van der Waals surface area contributed by atoms with Gasteiger partial charge >= 0.3 is 0 Å². The van der Waals surface area contributed by atoms with E-state index in [0.29, 0.717) is 5.82 Å². The van der Waals surface area contributed by atoms with E-state index in [2.05, 4.69) is 15.5 Å². The zero-order valence-electron chi connectivity index (χ0n) is 7.52. The Balaban J connectivity index is 2.55. The number of hydrogen-bond acceptors (Lipinski definition) is 4. The number of anilines is 1. The SMILES string of the molecule is CSC(C)C(=O)Nc1cccnn1. The molecule has 0 saturated heterocycles. The zero-order chi connectivity index (χ0) is 9.68. The van der Waals surface area contributed by atoms with Gasteiger partial charge < -0.3 is 5.32 Å². The standard InChI is InChI=1S/C8H11N3OS/c1-6(13-2)8(12)10-7-4-3-5-9-11-7/h3-6H,1-2H3,(H,10,11,12). The molecule has 0 saturated carbocycles. The van der Waals surface area contributed by atoms with Crippen LogP contribution in [0.25, 0.3) is 0 Å². The zero-order valence-corrected chi connectivity index (χ0v) is 8.34. The van der Waals surface area contributed by atoms with Crippen LogP contribution in [0.4, 0.5) is 5.82 Å². The number of nitrogens with zero attached hydrogens (tertiary/aromatic N) is 2. The Bertz CT molecular complexity index is 278. The van der Waals surface area contributed by atoms with Crippen molar-refractivity contribution >= 4 is 23.5 Å². The highest BCUT2D eigenvalue weighted by atomic mass is 32.2. The summed E-state index contributed by atoms with van der Waals surface area (Å²) < 4.78 is 0. The van der Waals surface area contributed by atoms with Crippen LogP contribution in [0.2, 0.25) is 0 Å². The average Bonchev–Trinajstić information content (AvgIpc) is 2.18. The van der Waals surface area contributed by atoms with E-state index in [0.717, 1.165) is 0 Å². The molecule has 0 aromatic carbocycles. The van der Waals surface area contributed by atoms with Gasteiger partial charge in [-0.3, -0.25) is 4.79 Å². The summed E-state index contributed by atoms with van der Waals surface area (Å²) in [6, 6.07) is 3.43. The lowest BCUT2D eigenvalue weighted by Crippen LogP contribution is -2.22. The molecule has 0 spiro atoms. The Hall–Kier alpha value is -1.10. The van der Waals surface area contributed by atoms with Crippen molar-refractivity contribution in [1.82, 2.24) is 10.2 Å². The van der Waals surface area contributed by atoms with E-state index < -0.39 is 0 Å². The van der Waals surface area contributed by atoms with Gasteiger partial charge in [0.15, 0.2) is 5.82 Å². The molecule has 1 rings (SSSR count). The maximum atomic E-state index is 11.3. The van der Waals surface area contributed by atoms with E-state index in [1.54, 1.807) is 18.3 Å². The molecule has 0 bridgehead atoms. The Kier molecular flexibility index (Phi) is 3.70. The van der Waals surface area contributed by atoms with E-state index in [1.807, 2.05) is 13.2 Å². The number of carbonyl (C=O) groups excluding carboxylic acids is 1. The van der Waals surface area contributed by atoms with Gasteiger partial charge in [-0.25, -0.2) is 0 Å². The van der Waals surface area contributed by atoms with Gasteiger partial charge in [-0.15, -0.1) is 5.10 Å². The molecule has 1 aromatic heterocycles. The summed E-state index contributed by atoms with van der Waals surface area (Å²) >= 11 is 1.49. The minimum absolute atomic E-state index is 0.0481. The summed E-state index contributed by atoms with van der Waals surface area (Å²) in [5.74, 6) is 0.446. The van der Waals surface area contributed by atoms with Gasteiger partial charge in [-0.1, -0.05) is 0 Å². The topological polar surface area (TPSA) is 54.9 Å². The number of thioether (sulfide) groups is 1. The highest BCUT2D eigenvalue weighted by Crippen LogP contribution is 2.07. The number of amides is 1. The lowest BCUT2D eigenvalue weighted by molar-refractivity contribution is -0.115. The van der Waals surface area contributed by atoms with Crippen molar-refractivity contribution in [3.63, 3.8) is 0 Å². The summed E-state index contributed by atoms with van der Waals surface area (Å²) in [6.45, 7) is 1.84. The molecule has 13 heavy (non-hydrogen) atoms. The van der Waals surface area contributed by atoms with Gasteiger partial charge in [0.1, 0.15) is 0 Å². The number of nitrogens with one attached hydrogen (secondary N) is 1. The first kappa shape index (κ1) is 9.98. The van der Waals surface area contributed by atoms with Gasteiger partial charge in [0.05, 0.1) is 5.25 Å². The van der Waals surface area contributed by atoms with Crippen molar-refractivity contribution in [1.29, 1.82) is 0 Å². The van der Waals surface area contributed by atoms with E-state index in [9.17, 15) is 4.79 Å². The number of carbonyl (C=O) groups is 1. The second-order valence-corrected chi connectivity index (χ2v) is 3.65. The van der Waals surface area contributed by atoms with E-state index in [4.69, 9.17) is 0 Å². The van der Waals surface area contributed by atoms with Crippen LogP contribution in [0.15, 0.2) is 18.3 Å². The Morgan fingerprint density at radius 2 is 2.46 bits per heavy atom. The number of hydrogen-bond donors (Lipinski definition) is 1. The molecule has 1 unspecified atom stereocenters. The van der Waals surface area contributed by atoms with Crippen molar-refractivity contribution in [3.05, 3.63) is 18.3 Å². The lowest BCUT2D eigenvalue weighted by Gasteiger charge is -2.07. The van der Waals surface area contributed by atoms with Gasteiger partial charge in [0, 0.05) is 6.20 Å². The minimum atomic E-state index is -0.0676. The average molecular weight is 197 g/mol. The molecule has 0 fully saturated rings. The Labute approximate surface area is 81.1 Å². The molecule has 5 heteroatoms. The summed E-state index contributed by atoms with van der Waals surface area (Å²) in [4.78, 5) is 11.3. The van der Waals surface area contributed by atoms with Crippen LogP contribution in [-0.4, -0.2) is 27.6 Å². The lowest BCUT2D eigenvalue weighted by atomic mass is 10.4. The second kappa shape index (κ2) is 4.81. The Morgan fingerprint density at radius 1 is 1.69 bits per heavy atom. The van der Waals surface area contributed by atoms with Gasteiger partial charge in [-0.2, -0.15) is 16.9 Å². The van der Waals surface area contributed by atoms with Crippen LogP contribution in [0.5, 0.6) is 0 Å². The summed E-state index contributed by atoms with van der Waals surface area (Å²) in [7, 11) is 0. The summed E-state index contributed by atoms with van der Waals surface area (Å²) in [5.41, 5.74) is 0. The van der Waals surface area contributed by atoms with E-state index in [1.165, 1.54) is 11.8 Å². The minimum Gasteiger partial charge on any atom is -0.308 e. The van der Waals surface area contributed by atoms with Gasteiger partial charge in [-0.05, 0) is 25.3 Å². The normalized spacial score (nSPS) is 12.2. The molecular weight excluding hydrogens is 186 g/mol. The first-order valence-electron chi connectivity index (χ1n) is 3.85. The van der Waals surface area contributed by atoms with Crippen LogP contribution in [0.1, 0.15) is 6.92 Å². The van der Waals surface area contributed by atoms with Crippen molar-refractivity contribution in [2.24, 2.45) is 0 Å². The molecule has 1 aromatic rings. The smallest absolute Gasteiger partial charge is 0.238 e. The molecule has 1 heterocycles. The largest absolute Gasteiger partial charge is 0.308 e. The van der Waals surface area contributed by atoms with E-state index in [-0.39, 0.29) is 11.2 Å². The molecule has 0 radical (unpaired) electrons. The maximum absolute atomic E-state index is 11.3. The molecule has 0 aliphatic carbocycles. The molecule has 4 nitrogen and oxygen atoms in total. The summed E-state index contributed by atoms with van der Waals surface area (Å²) in [6.07, 6.45) is 3.45. The predicted molar refractivity (Wildman–Crippen MR) is 53.6 cm³/mol. The molecular formula is C8H11N3OS. The fourth-order valence-corrected chi connectivity index (χ4v) is 0.976. The molecule has 0 aliphatic rings. The quantitative estimate of drug-likeness (QED) is 0.790. The van der Waals surface area contributed by atoms with Crippen LogP contribution in [0.3, 0.4) is 0 Å². The fraction of sp³-hybridized carbons (Fsp3) is 0.375. The molecule has 70 valence electrons. The second-order valence-electron chi connectivity index (χ2n) is 2.48. The molecule has 1 N–H and O–H groups in total. The van der Waals surface area contributed by atoms with Crippen LogP contribution >= 0.6 is 11.8 Å². The fourth-order valence-electron chi connectivity index (χ4n) is 0.703. The molecule has 1 amide bonds. The highest BCUT2D eigenvalue weighted by Gasteiger charge is 2.11.